The average Bonchev–Trinajstić information content (AvgIpc) is 2.33. The molecule has 1 amide bonds. The molecule has 0 spiro atoms. The summed E-state index contributed by atoms with van der Waals surface area (Å²) >= 11 is 0. The van der Waals surface area contributed by atoms with Gasteiger partial charge in [0.05, 0.1) is 0 Å². The van der Waals surface area contributed by atoms with E-state index in [1.165, 1.54) is 0 Å². The van der Waals surface area contributed by atoms with Crippen LogP contribution < -0.4 is 11.3 Å². The number of hydrogen-bond donors (Lipinski definition) is 3. The Kier molecular flexibility index (Phi) is 5.05. The summed E-state index contributed by atoms with van der Waals surface area (Å²) in [6.45, 7) is 12.7. The summed E-state index contributed by atoms with van der Waals surface area (Å²) in [5, 5.41) is 10.3. The maximum absolute atomic E-state index is 11.4. The van der Waals surface area contributed by atoms with Crippen LogP contribution >= 0.6 is 0 Å². The molecule has 0 saturated heterocycles. The summed E-state index contributed by atoms with van der Waals surface area (Å²) in [6, 6.07) is 3.64. The molecular formula is C17H28N2O2. The molecule has 0 radical (unpaired) electrons. The van der Waals surface area contributed by atoms with Crippen LogP contribution in [0.3, 0.4) is 0 Å². The number of rotatable bonds is 3. The SMILES string of the molecule is CC(C)(C)c1c(O)ccc(CCC(=O)NN)c1C(C)(C)C. The molecule has 0 bridgehead atoms. The van der Waals surface area contributed by atoms with E-state index in [2.05, 4.69) is 47.0 Å². The predicted octanol–water partition coefficient (Wildman–Crippen LogP) is 2.91. The number of hydrazine groups is 1. The van der Waals surface area contributed by atoms with Crippen molar-refractivity contribution in [2.75, 3.05) is 0 Å². The summed E-state index contributed by atoms with van der Waals surface area (Å²) in [7, 11) is 0. The third-order valence-corrected chi connectivity index (χ3v) is 3.55. The van der Waals surface area contributed by atoms with Crippen molar-refractivity contribution in [1.29, 1.82) is 0 Å². The molecule has 1 rings (SSSR count). The summed E-state index contributed by atoms with van der Waals surface area (Å²) in [6.07, 6.45) is 0.951. The van der Waals surface area contributed by atoms with Crippen LogP contribution in [-0.4, -0.2) is 11.0 Å². The second-order valence-corrected chi connectivity index (χ2v) is 7.56. The van der Waals surface area contributed by atoms with Gasteiger partial charge in [0.2, 0.25) is 5.91 Å². The zero-order valence-corrected chi connectivity index (χ0v) is 14.0. The Morgan fingerprint density at radius 3 is 2.05 bits per heavy atom. The van der Waals surface area contributed by atoms with Gasteiger partial charge in [-0.25, -0.2) is 5.84 Å². The van der Waals surface area contributed by atoms with Crippen LogP contribution in [0.25, 0.3) is 0 Å². The highest BCUT2D eigenvalue weighted by atomic mass is 16.3. The molecule has 4 N–H and O–H groups in total. The molecule has 4 heteroatoms. The van der Waals surface area contributed by atoms with Crippen LogP contribution in [0.1, 0.15) is 64.7 Å². The molecular weight excluding hydrogens is 264 g/mol. The number of carbonyl (C=O) groups excluding carboxylic acids is 1. The second kappa shape index (κ2) is 6.06. The minimum absolute atomic E-state index is 0.115. The minimum Gasteiger partial charge on any atom is -0.508 e. The van der Waals surface area contributed by atoms with Crippen molar-refractivity contribution in [3.8, 4) is 5.75 Å². The van der Waals surface area contributed by atoms with E-state index in [0.29, 0.717) is 18.6 Å². The van der Waals surface area contributed by atoms with E-state index in [-0.39, 0.29) is 16.7 Å². The zero-order valence-electron chi connectivity index (χ0n) is 14.0. The van der Waals surface area contributed by atoms with Gasteiger partial charge >= 0.3 is 0 Å². The lowest BCUT2D eigenvalue weighted by molar-refractivity contribution is -0.121. The van der Waals surface area contributed by atoms with Crippen LogP contribution in [-0.2, 0) is 22.0 Å². The number of aromatic hydroxyl groups is 1. The van der Waals surface area contributed by atoms with Crippen molar-refractivity contribution in [3.05, 3.63) is 28.8 Å². The topological polar surface area (TPSA) is 75.3 Å². The van der Waals surface area contributed by atoms with Crippen molar-refractivity contribution in [3.63, 3.8) is 0 Å². The van der Waals surface area contributed by atoms with Crippen molar-refractivity contribution in [1.82, 2.24) is 5.43 Å². The number of nitrogens with two attached hydrogens (primary N) is 1. The maximum Gasteiger partial charge on any atom is 0.234 e. The maximum atomic E-state index is 11.4. The molecule has 0 aromatic heterocycles. The number of phenols is 1. The number of carbonyl (C=O) groups is 1. The van der Waals surface area contributed by atoms with Gasteiger partial charge in [0, 0.05) is 12.0 Å². The van der Waals surface area contributed by atoms with Crippen molar-refractivity contribution >= 4 is 5.91 Å². The predicted molar refractivity (Wildman–Crippen MR) is 86.2 cm³/mol. The molecule has 21 heavy (non-hydrogen) atoms. The van der Waals surface area contributed by atoms with E-state index in [1.807, 2.05) is 6.07 Å². The first-order valence-electron chi connectivity index (χ1n) is 7.33. The van der Waals surface area contributed by atoms with Gasteiger partial charge in [-0.1, -0.05) is 47.6 Å². The molecule has 0 aliphatic rings. The van der Waals surface area contributed by atoms with Gasteiger partial charge in [0.15, 0.2) is 0 Å². The molecule has 118 valence electrons. The van der Waals surface area contributed by atoms with Crippen molar-refractivity contribution in [2.45, 2.75) is 65.2 Å². The lowest BCUT2D eigenvalue weighted by Gasteiger charge is -2.33. The highest BCUT2D eigenvalue weighted by Gasteiger charge is 2.30. The number of amides is 1. The van der Waals surface area contributed by atoms with Crippen LogP contribution in [0, 0.1) is 0 Å². The highest BCUT2D eigenvalue weighted by molar-refractivity contribution is 5.75. The summed E-state index contributed by atoms with van der Waals surface area (Å²) in [4.78, 5) is 11.4. The average molecular weight is 292 g/mol. The van der Waals surface area contributed by atoms with E-state index >= 15 is 0 Å². The molecule has 0 unspecified atom stereocenters. The Hall–Kier alpha value is -1.55. The highest BCUT2D eigenvalue weighted by Crippen LogP contribution is 2.41. The molecule has 0 aliphatic carbocycles. The quantitative estimate of drug-likeness (QED) is 0.455. The number of benzene rings is 1. The van der Waals surface area contributed by atoms with E-state index in [4.69, 9.17) is 5.84 Å². The summed E-state index contributed by atoms with van der Waals surface area (Å²) in [5.74, 6) is 5.28. The molecule has 0 saturated carbocycles. The molecule has 1 aromatic carbocycles. The van der Waals surface area contributed by atoms with Crippen LogP contribution in [0.4, 0.5) is 0 Å². The molecule has 0 heterocycles. The third kappa shape index (κ3) is 4.21. The van der Waals surface area contributed by atoms with E-state index in [1.54, 1.807) is 6.07 Å². The molecule has 1 aromatic rings. The minimum atomic E-state index is -0.180. The van der Waals surface area contributed by atoms with Gasteiger partial charge in [-0.05, 0) is 34.4 Å². The Labute approximate surface area is 127 Å². The van der Waals surface area contributed by atoms with Gasteiger partial charge in [-0.15, -0.1) is 0 Å². The standard InChI is InChI=1S/C17H28N2O2/c1-16(2,3)14-11(8-10-13(21)19-18)7-9-12(20)15(14)17(4,5)6/h7,9,20H,8,10,18H2,1-6H3,(H,19,21). The molecule has 0 atom stereocenters. The normalized spacial score (nSPS) is 12.3. The number of phenolic OH excluding ortho intramolecular Hbond substituents is 1. The fourth-order valence-electron chi connectivity index (χ4n) is 2.78. The van der Waals surface area contributed by atoms with E-state index in [9.17, 15) is 9.90 Å². The van der Waals surface area contributed by atoms with Gasteiger partial charge in [0.25, 0.3) is 0 Å². The number of aryl methyl sites for hydroxylation is 1. The fourth-order valence-corrected chi connectivity index (χ4v) is 2.78. The van der Waals surface area contributed by atoms with Gasteiger partial charge in [-0.2, -0.15) is 0 Å². The Balaban J connectivity index is 3.42. The third-order valence-electron chi connectivity index (χ3n) is 3.55. The fraction of sp³-hybridized carbons (Fsp3) is 0.588. The number of nitrogens with one attached hydrogen (secondary N) is 1. The van der Waals surface area contributed by atoms with Crippen LogP contribution in [0.2, 0.25) is 0 Å². The molecule has 0 fully saturated rings. The first kappa shape index (κ1) is 17.5. The summed E-state index contributed by atoms with van der Waals surface area (Å²) < 4.78 is 0. The zero-order chi connectivity index (χ0) is 16.4. The summed E-state index contributed by atoms with van der Waals surface area (Å²) in [5.41, 5.74) is 5.05. The molecule has 0 aliphatic heterocycles. The Bertz CT molecular complexity index is 523. The molecule has 4 nitrogen and oxygen atoms in total. The monoisotopic (exact) mass is 292 g/mol. The Morgan fingerprint density at radius 1 is 1.10 bits per heavy atom. The van der Waals surface area contributed by atoms with Gasteiger partial charge in [0.1, 0.15) is 5.75 Å². The first-order valence-corrected chi connectivity index (χ1v) is 7.33. The van der Waals surface area contributed by atoms with Gasteiger partial charge < -0.3 is 5.11 Å². The number of hydrogen-bond acceptors (Lipinski definition) is 3. The van der Waals surface area contributed by atoms with Crippen LogP contribution in [0.5, 0.6) is 5.75 Å². The van der Waals surface area contributed by atoms with Gasteiger partial charge in [-0.3, -0.25) is 10.2 Å². The first-order chi connectivity index (χ1) is 9.48. The lowest BCUT2D eigenvalue weighted by Crippen LogP contribution is -2.30. The van der Waals surface area contributed by atoms with Crippen LogP contribution in [0.15, 0.2) is 12.1 Å². The van der Waals surface area contributed by atoms with E-state index < -0.39 is 0 Å². The smallest absolute Gasteiger partial charge is 0.234 e. The van der Waals surface area contributed by atoms with E-state index in [0.717, 1.165) is 16.7 Å². The van der Waals surface area contributed by atoms with Crippen molar-refractivity contribution < 1.29 is 9.90 Å². The lowest BCUT2D eigenvalue weighted by atomic mass is 9.72. The largest absolute Gasteiger partial charge is 0.508 e. The second-order valence-electron chi connectivity index (χ2n) is 7.56. The van der Waals surface area contributed by atoms with Crippen molar-refractivity contribution in [2.24, 2.45) is 5.84 Å². The Morgan fingerprint density at radius 2 is 1.62 bits per heavy atom.